The molecule has 1 aromatic rings. The van der Waals surface area contributed by atoms with Gasteiger partial charge in [-0.1, -0.05) is 0 Å². The molecule has 0 radical (unpaired) electrons. The van der Waals surface area contributed by atoms with Crippen molar-refractivity contribution >= 4 is 29.7 Å². The summed E-state index contributed by atoms with van der Waals surface area (Å²) in [5, 5.41) is 20.7. The van der Waals surface area contributed by atoms with Crippen molar-refractivity contribution in [2.45, 2.75) is 18.9 Å². The second kappa shape index (κ2) is 8.80. The second-order valence-corrected chi connectivity index (χ2v) is 6.21. The van der Waals surface area contributed by atoms with Crippen LogP contribution in [0.15, 0.2) is 35.1 Å². The van der Waals surface area contributed by atoms with Crippen LogP contribution in [0.1, 0.15) is 18.4 Å². The molecule has 1 atom stereocenters. The van der Waals surface area contributed by atoms with Gasteiger partial charge >= 0.3 is 6.09 Å². The van der Waals surface area contributed by atoms with Crippen LogP contribution in [0.2, 0.25) is 0 Å². The molecule has 0 saturated carbocycles. The van der Waals surface area contributed by atoms with Crippen molar-refractivity contribution in [3.8, 4) is 6.07 Å². The lowest BCUT2D eigenvalue weighted by molar-refractivity contribution is -0.114. The number of halogens is 1. The highest BCUT2D eigenvalue weighted by Gasteiger charge is 2.28. The predicted octanol–water partition coefficient (Wildman–Crippen LogP) is 2.71. The van der Waals surface area contributed by atoms with E-state index in [0.717, 1.165) is 11.0 Å². The molecule has 0 unspecified atom stereocenters. The number of nitrogens with zero attached hydrogens (tertiary/aromatic N) is 4. The Bertz CT molecular complexity index is 829. The summed E-state index contributed by atoms with van der Waals surface area (Å²) in [6, 6.07) is 5.76. The third-order valence-electron chi connectivity index (χ3n) is 3.90. The largest absolute Gasteiger partial charge is 0.465 e. The number of anilines is 1. The third-order valence-corrected chi connectivity index (χ3v) is 3.90. The van der Waals surface area contributed by atoms with Crippen molar-refractivity contribution in [1.82, 2.24) is 9.80 Å². The summed E-state index contributed by atoms with van der Waals surface area (Å²) in [5.41, 5.74) is 0.886. The number of carbonyl (C=O) groups is 2. The maximum absolute atomic E-state index is 14.2. The SMILES string of the molecule is CN(C)/C=N/c1ccc(NC(=O)/C(F)=C\[C@H]2CCCN2C(=O)O)cc1C#N. The second-order valence-electron chi connectivity index (χ2n) is 6.21. The maximum Gasteiger partial charge on any atom is 0.407 e. The minimum absolute atomic E-state index is 0.225. The number of hydrogen-bond acceptors (Lipinski definition) is 4. The molecule has 142 valence electrons. The molecule has 0 spiro atoms. The number of carboxylic acid groups (broad SMARTS) is 1. The van der Waals surface area contributed by atoms with E-state index >= 15 is 0 Å². The summed E-state index contributed by atoms with van der Waals surface area (Å²) in [5.74, 6) is -2.07. The molecule has 0 bridgehead atoms. The number of nitriles is 1. The van der Waals surface area contributed by atoms with Crippen LogP contribution in [-0.2, 0) is 4.79 Å². The van der Waals surface area contributed by atoms with Crippen LogP contribution in [-0.4, -0.2) is 59.9 Å². The molecule has 1 fully saturated rings. The van der Waals surface area contributed by atoms with E-state index in [9.17, 15) is 19.2 Å². The average Bonchev–Trinajstić information content (AvgIpc) is 3.08. The Hall–Kier alpha value is -3.41. The van der Waals surface area contributed by atoms with Crippen molar-refractivity contribution < 1.29 is 19.1 Å². The molecule has 1 aliphatic rings. The molecule has 8 nitrogen and oxygen atoms in total. The fourth-order valence-electron chi connectivity index (χ4n) is 2.63. The molecule has 1 aromatic carbocycles. The molecule has 1 aliphatic heterocycles. The van der Waals surface area contributed by atoms with Crippen LogP contribution >= 0.6 is 0 Å². The normalized spacial score (nSPS) is 17.0. The van der Waals surface area contributed by atoms with Gasteiger partial charge in [-0.15, -0.1) is 0 Å². The lowest BCUT2D eigenvalue weighted by Crippen LogP contribution is -2.33. The monoisotopic (exact) mass is 373 g/mol. The van der Waals surface area contributed by atoms with Crippen LogP contribution < -0.4 is 5.32 Å². The van der Waals surface area contributed by atoms with Crippen LogP contribution in [0, 0.1) is 11.3 Å². The van der Waals surface area contributed by atoms with Gasteiger partial charge in [-0.2, -0.15) is 5.26 Å². The van der Waals surface area contributed by atoms with Crippen molar-refractivity contribution in [1.29, 1.82) is 5.26 Å². The summed E-state index contributed by atoms with van der Waals surface area (Å²) >= 11 is 0. The van der Waals surface area contributed by atoms with Crippen LogP contribution in [0.4, 0.5) is 20.6 Å². The number of nitrogens with one attached hydrogen (secondary N) is 1. The van der Waals surface area contributed by atoms with Gasteiger partial charge in [0.2, 0.25) is 0 Å². The number of carbonyl (C=O) groups excluding carboxylic acids is 1. The molecule has 2 N–H and O–H groups in total. The van der Waals surface area contributed by atoms with E-state index in [1.807, 2.05) is 6.07 Å². The van der Waals surface area contributed by atoms with Gasteiger partial charge in [0.15, 0.2) is 5.83 Å². The van der Waals surface area contributed by atoms with E-state index in [0.29, 0.717) is 25.1 Å². The zero-order chi connectivity index (χ0) is 20.0. The fraction of sp³-hybridized carbons (Fsp3) is 0.333. The molecule has 0 aliphatic carbocycles. The maximum atomic E-state index is 14.2. The highest BCUT2D eigenvalue weighted by Crippen LogP contribution is 2.24. The van der Waals surface area contributed by atoms with Crippen molar-refractivity contribution in [2.24, 2.45) is 4.99 Å². The standard InChI is InChI=1S/C18H20FN5O3/c1-23(2)11-21-16-6-5-13(8-12(16)10-20)22-17(25)15(19)9-14-4-3-7-24(14)18(26)27/h5-6,8-9,11,14H,3-4,7H2,1-2H3,(H,22,25)(H,26,27)/b15-9+,21-11+/t14-/m1/s1. The van der Waals surface area contributed by atoms with Gasteiger partial charge < -0.3 is 20.2 Å². The van der Waals surface area contributed by atoms with Gasteiger partial charge in [0.1, 0.15) is 6.07 Å². The lowest BCUT2D eigenvalue weighted by atomic mass is 10.1. The average molecular weight is 373 g/mol. The number of aliphatic imine (C=N–C) groups is 1. The smallest absolute Gasteiger partial charge is 0.407 e. The zero-order valence-corrected chi connectivity index (χ0v) is 15.0. The van der Waals surface area contributed by atoms with E-state index in [2.05, 4.69) is 10.3 Å². The zero-order valence-electron chi connectivity index (χ0n) is 15.0. The lowest BCUT2D eigenvalue weighted by Gasteiger charge is -2.18. The molecular formula is C18H20FN5O3. The highest BCUT2D eigenvalue weighted by atomic mass is 19.1. The van der Waals surface area contributed by atoms with Gasteiger partial charge in [-0.25, -0.2) is 14.2 Å². The number of rotatable bonds is 5. The van der Waals surface area contributed by atoms with Gasteiger partial charge in [-0.3, -0.25) is 4.79 Å². The fourth-order valence-corrected chi connectivity index (χ4v) is 2.63. The predicted molar refractivity (Wildman–Crippen MR) is 98.6 cm³/mol. The number of amides is 2. The first kappa shape index (κ1) is 19.9. The summed E-state index contributed by atoms with van der Waals surface area (Å²) in [7, 11) is 3.57. The Morgan fingerprint density at radius 3 is 2.85 bits per heavy atom. The van der Waals surface area contributed by atoms with E-state index < -0.39 is 23.9 Å². The minimum Gasteiger partial charge on any atom is -0.465 e. The number of likely N-dealkylation sites (tertiary alicyclic amines) is 1. The molecule has 2 amide bonds. The van der Waals surface area contributed by atoms with Gasteiger partial charge in [0.05, 0.1) is 23.6 Å². The van der Waals surface area contributed by atoms with Crippen molar-refractivity contribution in [3.05, 3.63) is 35.7 Å². The quantitative estimate of drug-likeness (QED) is 0.469. The van der Waals surface area contributed by atoms with Crippen molar-refractivity contribution in [3.63, 3.8) is 0 Å². The summed E-state index contributed by atoms with van der Waals surface area (Å²) in [4.78, 5) is 30.1. The third kappa shape index (κ3) is 5.28. The molecular weight excluding hydrogens is 353 g/mol. The van der Waals surface area contributed by atoms with E-state index in [1.165, 1.54) is 18.5 Å². The van der Waals surface area contributed by atoms with Gasteiger partial charge in [-0.05, 0) is 37.1 Å². The first-order chi connectivity index (χ1) is 12.8. The van der Waals surface area contributed by atoms with E-state index in [1.54, 1.807) is 25.1 Å². The summed E-state index contributed by atoms with van der Waals surface area (Å²) in [6.45, 7) is 0.311. The molecule has 0 aromatic heterocycles. The van der Waals surface area contributed by atoms with Gasteiger partial charge in [0.25, 0.3) is 5.91 Å². The minimum atomic E-state index is -1.14. The molecule has 1 heterocycles. The molecule has 9 heteroatoms. The summed E-state index contributed by atoms with van der Waals surface area (Å²) in [6.07, 6.45) is 2.48. The number of benzene rings is 1. The topological polar surface area (TPSA) is 109 Å². The first-order valence-corrected chi connectivity index (χ1v) is 8.25. The Balaban J connectivity index is 2.12. The molecule has 2 rings (SSSR count). The van der Waals surface area contributed by atoms with Crippen molar-refractivity contribution in [2.75, 3.05) is 26.0 Å². The Labute approximate surface area is 156 Å². The Kier molecular flexibility index (Phi) is 6.49. The number of hydrogen-bond donors (Lipinski definition) is 2. The van der Waals surface area contributed by atoms with E-state index in [-0.39, 0.29) is 11.3 Å². The first-order valence-electron chi connectivity index (χ1n) is 8.25. The van der Waals surface area contributed by atoms with E-state index in [4.69, 9.17) is 5.11 Å². The van der Waals surface area contributed by atoms with Gasteiger partial charge in [0, 0.05) is 26.3 Å². The molecule has 1 saturated heterocycles. The van der Waals surface area contributed by atoms with Crippen LogP contribution in [0.25, 0.3) is 0 Å². The van der Waals surface area contributed by atoms with Crippen LogP contribution in [0.5, 0.6) is 0 Å². The Morgan fingerprint density at radius 1 is 1.48 bits per heavy atom. The summed E-state index contributed by atoms with van der Waals surface area (Å²) < 4.78 is 14.2. The van der Waals surface area contributed by atoms with Crippen LogP contribution in [0.3, 0.4) is 0 Å². The Morgan fingerprint density at radius 2 is 2.22 bits per heavy atom. The molecule has 27 heavy (non-hydrogen) atoms. The highest BCUT2D eigenvalue weighted by molar-refractivity contribution is 6.02.